The lowest BCUT2D eigenvalue weighted by molar-refractivity contribution is 0.251. The predicted octanol–water partition coefficient (Wildman–Crippen LogP) is 1.72. The van der Waals surface area contributed by atoms with Crippen LogP contribution in [0.2, 0.25) is 0 Å². The predicted molar refractivity (Wildman–Crippen MR) is 86.0 cm³/mol. The van der Waals surface area contributed by atoms with Crippen LogP contribution in [0.25, 0.3) is 11.1 Å². The maximum atomic E-state index is 9.41. The second-order valence-corrected chi connectivity index (χ2v) is 5.04. The minimum atomic E-state index is -0.0905. The smallest absolute Gasteiger partial charge is 0.0626 e. The molecular weight excluding hydrogens is 264 g/mol. The molecule has 1 unspecified atom stereocenters. The van der Waals surface area contributed by atoms with E-state index in [2.05, 4.69) is 5.32 Å². The number of hydrogen-bond donors (Lipinski definition) is 4. The fourth-order valence-corrected chi connectivity index (χ4v) is 2.49. The molecule has 0 heterocycles. The molecule has 0 saturated carbocycles. The highest BCUT2D eigenvalue weighted by molar-refractivity contribution is 5.71. The summed E-state index contributed by atoms with van der Waals surface area (Å²) in [6, 6.07) is 13.7. The molecule has 2 aromatic carbocycles. The van der Waals surface area contributed by atoms with Crippen molar-refractivity contribution in [3.8, 4) is 11.1 Å². The van der Waals surface area contributed by atoms with Gasteiger partial charge in [0.05, 0.1) is 12.6 Å². The number of aliphatic hydroxyl groups is 2. The van der Waals surface area contributed by atoms with Crippen LogP contribution in [0.4, 0.5) is 5.69 Å². The highest BCUT2D eigenvalue weighted by Crippen LogP contribution is 2.28. The third-order valence-corrected chi connectivity index (χ3v) is 3.65. The second-order valence-electron chi connectivity index (χ2n) is 5.04. The highest BCUT2D eigenvalue weighted by atomic mass is 16.3. The van der Waals surface area contributed by atoms with Crippen LogP contribution in [0, 0.1) is 0 Å². The number of nitrogens with one attached hydrogen (secondary N) is 1. The van der Waals surface area contributed by atoms with Gasteiger partial charge in [-0.2, -0.15) is 0 Å². The summed E-state index contributed by atoms with van der Waals surface area (Å²) < 4.78 is 0. The molecule has 0 amide bonds. The van der Waals surface area contributed by atoms with E-state index in [9.17, 15) is 10.2 Å². The standard InChI is InChI=1S/C17H22N2O2/c1-19-17(11-21)14-4-2-3-13(9-14)16-10-15(18)6-5-12(16)7-8-20/h2-6,9-10,17,19-21H,7-8,11,18H2,1H3. The first-order chi connectivity index (χ1) is 10.2. The second kappa shape index (κ2) is 7.22. The molecule has 2 aromatic rings. The van der Waals surface area contributed by atoms with E-state index in [-0.39, 0.29) is 19.3 Å². The van der Waals surface area contributed by atoms with Gasteiger partial charge in [0.2, 0.25) is 0 Å². The van der Waals surface area contributed by atoms with Gasteiger partial charge in [0, 0.05) is 12.3 Å². The third kappa shape index (κ3) is 3.61. The van der Waals surface area contributed by atoms with Gasteiger partial charge in [-0.15, -0.1) is 0 Å². The molecule has 0 radical (unpaired) electrons. The van der Waals surface area contributed by atoms with Crippen molar-refractivity contribution in [3.05, 3.63) is 53.6 Å². The van der Waals surface area contributed by atoms with Crippen molar-refractivity contribution in [3.63, 3.8) is 0 Å². The number of likely N-dealkylation sites (N-methyl/N-ethyl adjacent to an activating group) is 1. The normalized spacial score (nSPS) is 12.3. The van der Waals surface area contributed by atoms with Gasteiger partial charge in [-0.1, -0.05) is 24.3 Å². The molecule has 5 N–H and O–H groups in total. The SMILES string of the molecule is CNC(CO)c1cccc(-c2cc(N)ccc2CCO)c1. The number of nitrogens with two attached hydrogens (primary N) is 1. The van der Waals surface area contributed by atoms with Crippen molar-refractivity contribution in [2.75, 3.05) is 26.0 Å². The molecule has 0 aliphatic heterocycles. The minimum Gasteiger partial charge on any atom is -0.399 e. The third-order valence-electron chi connectivity index (χ3n) is 3.65. The molecule has 0 spiro atoms. The molecule has 0 fully saturated rings. The molecule has 0 bridgehead atoms. The monoisotopic (exact) mass is 286 g/mol. The zero-order chi connectivity index (χ0) is 15.2. The molecule has 21 heavy (non-hydrogen) atoms. The Hall–Kier alpha value is -1.88. The van der Waals surface area contributed by atoms with Crippen molar-refractivity contribution >= 4 is 5.69 Å². The van der Waals surface area contributed by atoms with Crippen LogP contribution in [0.5, 0.6) is 0 Å². The number of anilines is 1. The summed E-state index contributed by atoms with van der Waals surface area (Å²) in [5, 5.41) is 21.7. The summed E-state index contributed by atoms with van der Waals surface area (Å²) in [5.74, 6) is 0. The Morgan fingerprint density at radius 1 is 1.14 bits per heavy atom. The summed E-state index contributed by atoms with van der Waals surface area (Å²) in [6.45, 7) is 0.146. The Morgan fingerprint density at radius 3 is 2.62 bits per heavy atom. The van der Waals surface area contributed by atoms with E-state index in [1.165, 1.54) is 0 Å². The Bertz CT molecular complexity index is 595. The molecule has 0 saturated heterocycles. The maximum absolute atomic E-state index is 9.41. The van der Waals surface area contributed by atoms with E-state index in [4.69, 9.17) is 5.73 Å². The summed E-state index contributed by atoms with van der Waals surface area (Å²) in [7, 11) is 1.82. The zero-order valence-corrected chi connectivity index (χ0v) is 12.2. The molecule has 112 valence electrons. The van der Waals surface area contributed by atoms with Crippen molar-refractivity contribution in [2.45, 2.75) is 12.5 Å². The maximum Gasteiger partial charge on any atom is 0.0626 e. The van der Waals surface area contributed by atoms with Gasteiger partial charge in [0.1, 0.15) is 0 Å². The lowest BCUT2D eigenvalue weighted by atomic mass is 9.94. The van der Waals surface area contributed by atoms with E-state index >= 15 is 0 Å². The van der Waals surface area contributed by atoms with Gasteiger partial charge >= 0.3 is 0 Å². The Morgan fingerprint density at radius 2 is 1.95 bits per heavy atom. The molecule has 4 heteroatoms. The average Bonchev–Trinajstić information content (AvgIpc) is 2.51. The lowest BCUT2D eigenvalue weighted by Crippen LogP contribution is -2.19. The highest BCUT2D eigenvalue weighted by Gasteiger charge is 2.11. The summed E-state index contributed by atoms with van der Waals surface area (Å²) >= 11 is 0. The van der Waals surface area contributed by atoms with E-state index in [1.807, 2.05) is 49.5 Å². The molecule has 0 aromatic heterocycles. The van der Waals surface area contributed by atoms with Crippen LogP contribution in [-0.4, -0.2) is 30.5 Å². The number of aliphatic hydroxyl groups excluding tert-OH is 2. The largest absolute Gasteiger partial charge is 0.399 e. The van der Waals surface area contributed by atoms with Crippen molar-refractivity contribution in [1.82, 2.24) is 5.32 Å². The van der Waals surface area contributed by atoms with Gasteiger partial charge < -0.3 is 21.3 Å². The van der Waals surface area contributed by atoms with E-state index in [0.717, 1.165) is 22.3 Å². The summed E-state index contributed by atoms with van der Waals surface area (Å²) in [4.78, 5) is 0. The van der Waals surface area contributed by atoms with Crippen molar-refractivity contribution in [1.29, 1.82) is 0 Å². The van der Waals surface area contributed by atoms with Crippen LogP contribution >= 0.6 is 0 Å². The van der Waals surface area contributed by atoms with Crippen molar-refractivity contribution < 1.29 is 10.2 Å². The molecule has 0 aliphatic carbocycles. The topological polar surface area (TPSA) is 78.5 Å². The van der Waals surface area contributed by atoms with Gasteiger partial charge in [-0.25, -0.2) is 0 Å². The lowest BCUT2D eigenvalue weighted by Gasteiger charge is -2.16. The number of rotatable bonds is 6. The number of hydrogen-bond acceptors (Lipinski definition) is 4. The molecule has 4 nitrogen and oxygen atoms in total. The Kier molecular flexibility index (Phi) is 5.33. The van der Waals surface area contributed by atoms with E-state index < -0.39 is 0 Å². The van der Waals surface area contributed by atoms with Crippen LogP contribution in [0.1, 0.15) is 17.2 Å². The summed E-state index contributed by atoms with van der Waals surface area (Å²) in [5.41, 5.74) is 10.7. The van der Waals surface area contributed by atoms with Gasteiger partial charge in [-0.05, 0) is 53.9 Å². The Labute approximate surface area is 125 Å². The average molecular weight is 286 g/mol. The quantitative estimate of drug-likeness (QED) is 0.610. The fourth-order valence-electron chi connectivity index (χ4n) is 2.49. The van der Waals surface area contributed by atoms with Crippen LogP contribution in [0.15, 0.2) is 42.5 Å². The van der Waals surface area contributed by atoms with Crippen LogP contribution < -0.4 is 11.1 Å². The minimum absolute atomic E-state index is 0.0420. The van der Waals surface area contributed by atoms with Crippen LogP contribution in [0.3, 0.4) is 0 Å². The molecular formula is C17H22N2O2. The molecule has 2 rings (SSSR count). The first-order valence-corrected chi connectivity index (χ1v) is 7.07. The van der Waals surface area contributed by atoms with Gasteiger partial charge in [0.15, 0.2) is 0 Å². The first-order valence-electron chi connectivity index (χ1n) is 7.07. The van der Waals surface area contributed by atoms with Crippen LogP contribution in [-0.2, 0) is 6.42 Å². The van der Waals surface area contributed by atoms with Gasteiger partial charge in [-0.3, -0.25) is 0 Å². The van der Waals surface area contributed by atoms with E-state index in [0.29, 0.717) is 12.1 Å². The number of benzene rings is 2. The van der Waals surface area contributed by atoms with Gasteiger partial charge in [0.25, 0.3) is 0 Å². The van der Waals surface area contributed by atoms with E-state index in [1.54, 1.807) is 0 Å². The first kappa shape index (κ1) is 15.5. The zero-order valence-electron chi connectivity index (χ0n) is 12.2. The fraction of sp³-hybridized carbons (Fsp3) is 0.294. The summed E-state index contributed by atoms with van der Waals surface area (Å²) in [6.07, 6.45) is 0.593. The molecule has 0 aliphatic rings. The molecule has 1 atom stereocenters. The Balaban J connectivity index is 2.46. The van der Waals surface area contributed by atoms with Crippen molar-refractivity contribution in [2.24, 2.45) is 0 Å². The number of nitrogen functional groups attached to an aromatic ring is 1.